The number of anilines is 1. The van der Waals surface area contributed by atoms with Crippen molar-refractivity contribution in [1.29, 1.82) is 0 Å². The second-order valence-electron chi connectivity index (χ2n) is 9.28. The average Bonchev–Trinajstić information content (AvgIpc) is 3.22. The second-order valence-corrected chi connectivity index (χ2v) is 9.28. The van der Waals surface area contributed by atoms with Crippen LogP contribution in [-0.2, 0) is 6.42 Å². The Balaban J connectivity index is 1.45. The average molecular weight is 459 g/mol. The summed E-state index contributed by atoms with van der Waals surface area (Å²) in [6, 6.07) is 7.14. The minimum absolute atomic E-state index is 0.288. The first kappa shape index (κ1) is 22.2. The zero-order valence-electron chi connectivity index (χ0n) is 18.9. The van der Waals surface area contributed by atoms with Crippen molar-refractivity contribution < 1.29 is 13.2 Å². The zero-order valence-corrected chi connectivity index (χ0v) is 18.9. The number of alkyl halides is 3. The summed E-state index contributed by atoms with van der Waals surface area (Å²) in [5, 5.41) is 11.6. The molecule has 3 aromatic rings. The Bertz CT molecular complexity index is 1100. The third kappa shape index (κ3) is 4.44. The normalized spacial score (nSPS) is 22.3. The van der Waals surface area contributed by atoms with E-state index in [-0.39, 0.29) is 6.04 Å². The van der Waals surface area contributed by atoms with Crippen LogP contribution < -0.4 is 5.32 Å². The van der Waals surface area contributed by atoms with Gasteiger partial charge in [-0.05, 0) is 55.6 Å². The fourth-order valence-corrected chi connectivity index (χ4v) is 5.25. The van der Waals surface area contributed by atoms with Crippen molar-refractivity contribution in [2.45, 2.75) is 51.0 Å². The van der Waals surface area contributed by atoms with Crippen LogP contribution in [-0.4, -0.2) is 69.4 Å². The van der Waals surface area contributed by atoms with Crippen molar-refractivity contribution in [3.05, 3.63) is 53.5 Å². The van der Waals surface area contributed by atoms with Crippen molar-refractivity contribution in [3.8, 4) is 0 Å². The van der Waals surface area contributed by atoms with Gasteiger partial charge in [0, 0.05) is 24.5 Å². The van der Waals surface area contributed by atoms with E-state index in [1.54, 1.807) is 12.4 Å². The summed E-state index contributed by atoms with van der Waals surface area (Å²) >= 11 is 0. The molecule has 1 aromatic carbocycles. The molecule has 0 saturated carbocycles. The molecule has 5 rings (SSSR count). The summed E-state index contributed by atoms with van der Waals surface area (Å²) in [6.07, 6.45) is 0.898. The Hall–Kier alpha value is -2.65. The van der Waals surface area contributed by atoms with E-state index in [0.29, 0.717) is 18.2 Å². The highest BCUT2D eigenvalue weighted by Crippen LogP contribution is 2.41. The lowest BCUT2D eigenvalue weighted by Crippen LogP contribution is -2.54. The topological polar surface area (TPSA) is 60.1 Å². The Kier molecular flexibility index (Phi) is 5.78. The largest absolute Gasteiger partial charge is 0.401 e. The van der Waals surface area contributed by atoms with E-state index in [2.05, 4.69) is 32.3 Å². The quantitative estimate of drug-likeness (QED) is 0.575. The van der Waals surface area contributed by atoms with Crippen LogP contribution in [0, 0.1) is 0 Å². The number of likely N-dealkylation sites (tertiary alicyclic amines) is 1. The maximum absolute atomic E-state index is 13.5. The molecular formula is C24H29F3N6. The Labute approximate surface area is 191 Å². The van der Waals surface area contributed by atoms with Crippen molar-refractivity contribution in [3.63, 3.8) is 0 Å². The number of benzene rings is 1. The highest BCUT2D eigenvalue weighted by atomic mass is 19.4. The SMILES string of the molecule is CCCN1CC(Nc2ccc([C@@H]3c4ccc5[nH]ncc5c4C[C@@H](C)N3CC(F)(F)F)nc2)C1. The predicted molar refractivity (Wildman–Crippen MR) is 122 cm³/mol. The maximum atomic E-state index is 13.5. The second kappa shape index (κ2) is 8.61. The molecular weight excluding hydrogens is 429 g/mol. The van der Waals surface area contributed by atoms with Crippen molar-refractivity contribution in [1.82, 2.24) is 25.0 Å². The number of nitrogens with zero attached hydrogens (tertiary/aromatic N) is 4. The standard InChI is InChI=1S/C24H29F3N6/c1-3-8-32-12-17(13-32)30-16-4-6-22(28-10-16)23-18-5-7-21-20(11-29-31-21)19(18)9-15(2)33(23)14-24(25,26)27/h4-7,10-11,15,17,23,30H,3,8-9,12-14H2,1-2H3,(H,29,31)/t15-,23+/m1/s1. The van der Waals surface area contributed by atoms with E-state index in [0.717, 1.165) is 53.8 Å². The molecule has 1 saturated heterocycles. The van der Waals surface area contributed by atoms with Crippen LogP contribution in [0.15, 0.2) is 36.7 Å². The van der Waals surface area contributed by atoms with Gasteiger partial charge in [-0.15, -0.1) is 0 Å². The van der Waals surface area contributed by atoms with Gasteiger partial charge in [-0.25, -0.2) is 0 Å². The molecule has 0 aliphatic carbocycles. The Morgan fingerprint density at radius 3 is 2.67 bits per heavy atom. The lowest BCUT2D eigenvalue weighted by molar-refractivity contribution is -0.155. The molecule has 4 heterocycles. The van der Waals surface area contributed by atoms with Crippen molar-refractivity contribution in [2.75, 3.05) is 31.5 Å². The summed E-state index contributed by atoms with van der Waals surface area (Å²) in [6.45, 7) is 6.17. The molecule has 2 aliphatic heterocycles. The van der Waals surface area contributed by atoms with Gasteiger partial charge in [-0.2, -0.15) is 18.3 Å². The van der Waals surface area contributed by atoms with Gasteiger partial charge in [0.25, 0.3) is 0 Å². The lowest BCUT2D eigenvalue weighted by atomic mass is 9.85. The third-order valence-electron chi connectivity index (χ3n) is 6.76. The van der Waals surface area contributed by atoms with E-state index in [1.807, 2.05) is 31.2 Å². The van der Waals surface area contributed by atoms with E-state index in [9.17, 15) is 13.2 Å². The third-order valence-corrected chi connectivity index (χ3v) is 6.76. The number of pyridine rings is 1. The molecule has 6 nitrogen and oxygen atoms in total. The number of hydrogen-bond donors (Lipinski definition) is 2. The van der Waals surface area contributed by atoms with E-state index < -0.39 is 18.8 Å². The van der Waals surface area contributed by atoms with Gasteiger partial charge in [0.2, 0.25) is 0 Å². The van der Waals surface area contributed by atoms with Crippen LogP contribution >= 0.6 is 0 Å². The van der Waals surface area contributed by atoms with Crippen LogP contribution in [0.3, 0.4) is 0 Å². The molecule has 2 aliphatic rings. The van der Waals surface area contributed by atoms with Crippen LogP contribution in [0.25, 0.3) is 10.9 Å². The first-order chi connectivity index (χ1) is 15.8. The zero-order chi connectivity index (χ0) is 23.2. The summed E-state index contributed by atoms with van der Waals surface area (Å²) in [5.74, 6) is 0. The molecule has 0 unspecified atom stereocenters. The lowest BCUT2D eigenvalue weighted by Gasteiger charge is -2.42. The summed E-state index contributed by atoms with van der Waals surface area (Å²) in [4.78, 5) is 8.56. The van der Waals surface area contributed by atoms with Crippen LogP contribution in [0.1, 0.15) is 43.1 Å². The molecule has 9 heteroatoms. The van der Waals surface area contributed by atoms with E-state index >= 15 is 0 Å². The summed E-state index contributed by atoms with van der Waals surface area (Å²) in [5.41, 5.74) is 4.34. The Morgan fingerprint density at radius 2 is 1.97 bits per heavy atom. The molecule has 0 bridgehead atoms. The van der Waals surface area contributed by atoms with E-state index in [4.69, 9.17) is 0 Å². The summed E-state index contributed by atoms with van der Waals surface area (Å²) in [7, 11) is 0. The van der Waals surface area contributed by atoms with Gasteiger partial charge in [-0.1, -0.05) is 13.0 Å². The smallest absolute Gasteiger partial charge is 0.378 e. The van der Waals surface area contributed by atoms with Gasteiger partial charge >= 0.3 is 6.18 Å². The van der Waals surface area contributed by atoms with Crippen molar-refractivity contribution in [2.24, 2.45) is 0 Å². The molecule has 176 valence electrons. The molecule has 0 radical (unpaired) electrons. The number of nitrogens with one attached hydrogen (secondary N) is 2. The first-order valence-electron chi connectivity index (χ1n) is 11.5. The predicted octanol–water partition coefficient (Wildman–Crippen LogP) is 4.36. The number of fused-ring (bicyclic) bond motifs is 3. The number of halogens is 3. The van der Waals surface area contributed by atoms with Gasteiger partial charge in [0.1, 0.15) is 0 Å². The molecule has 2 atom stereocenters. The fraction of sp³-hybridized carbons (Fsp3) is 0.500. The number of aromatic amines is 1. The number of rotatable bonds is 6. The number of hydrogen-bond acceptors (Lipinski definition) is 5. The van der Waals surface area contributed by atoms with E-state index in [1.165, 1.54) is 4.90 Å². The molecule has 2 aromatic heterocycles. The first-order valence-corrected chi connectivity index (χ1v) is 11.5. The Morgan fingerprint density at radius 1 is 1.15 bits per heavy atom. The summed E-state index contributed by atoms with van der Waals surface area (Å²) < 4.78 is 40.6. The highest BCUT2D eigenvalue weighted by Gasteiger charge is 2.41. The molecule has 1 fully saturated rings. The van der Waals surface area contributed by atoms with Gasteiger partial charge in [-0.3, -0.25) is 19.9 Å². The minimum atomic E-state index is -4.29. The molecule has 0 spiro atoms. The molecule has 33 heavy (non-hydrogen) atoms. The van der Waals surface area contributed by atoms with Crippen LogP contribution in [0.4, 0.5) is 18.9 Å². The molecule has 0 amide bonds. The van der Waals surface area contributed by atoms with Gasteiger partial charge < -0.3 is 5.32 Å². The van der Waals surface area contributed by atoms with Crippen LogP contribution in [0.5, 0.6) is 0 Å². The monoisotopic (exact) mass is 458 g/mol. The molecule has 2 N–H and O–H groups in total. The van der Waals surface area contributed by atoms with Gasteiger partial charge in [0.05, 0.1) is 47.9 Å². The maximum Gasteiger partial charge on any atom is 0.401 e. The van der Waals surface area contributed by atoms with Crippen molar-refractivity contribution >= 4 is 16.6 Å². The van der Waals surface area contributed by atoms with Crippen LogP contribution in [0.2, 0.25) is 0 Å². The minimum Gasteiger partial charge on any atom is -0.378 e. The number of H-pyrrole nitrogens is 1. The fourth-order valence-electron chi connectivity index (χ4n) is 5.25. The van der Waals surface area contributed by atoms with Gasteiger partial charge in [0.15, 0.2) is 0 Å². The highest BCUT2D eigenvalue weighted by molar-refractivity contribution is 5.83. The number of aromatic nitrogens is 3.